The van der Waals surface area contributed by atoms with E-state index in [0.717, 1.165) is 37.4 Å². The van der Waals surface area contributed by atoms with E-state index >= 15 is 0 Å². The van der Waals surface area contributed by atoms with E-state index in [0.29, 0.717) is 12.4 Å². The van der Waals surface area contributed by atoms with Crippen molar-refractivity contribution in [3.8, 4) is 5.88 Å². The van der Waals surface area contributed by atoms with E-state index in [-0.39, 0.29) is 5.54 Å². The van der Waals surface area contributed by atoms with Gasteiger partial charge in [-0.25, -0.2) is 9.97 Å². The van der Waals surface area contributed by atoms with Gasteiger partial charge >= 0.3 is 0 Å². The van der Waals surface area contributed by atoms with Crippen molar-refractivity contribution in [2.24, 2.45) is 5.73 Å². The third-order valence-corrected chi connectivity index (χ3v) is 3.46. The summed E-state index contributed by atoms with van der Waals surface area (Å²) in [7, 11) is 1.60. The fourth-order valence-electron chi connectivity index (χ4n) is 2.16. The van der Waals surface area contributed by atoms with E-state index in [1.165, 1.54) is 6.33 Å². The van der Waals surface area contributed by atoms with Gasteiger partial charge in [-0.2, -0.15) is 0 Å². The largest absolute Gasteiger partial charge is 0.481 e. The second-order valence-corrected chi connectivity index (χ2v) is 4.58. The Kier molecular flexibility index (Phi) is 3.98. The monoisotopic (exact) mass is 252 g/mol. The molecule has 0 radical (unpaired) electrons. The van der Waals surface area contributed by atoms with Crippen LogP contribution in [0.1, 0.15) is 18.4 Å². The molecule has 0 aromatic carbocycles. The fraction of sp³-hybridized carbons (Fsp3) is 0.667. The molecule has 2 rings (SSSR count). The Bertz CT molecular complexity index is 405. The van der Waals surface area contributed by atoms with Crippen LogP contribution in [0.3, 0.4) is 0 Å². The van der Waals surface area contributed by atoms with E-state index in [2.05, 4.69) is 15.3 Å². The Balaban J connectivity index is 2.21. The molecule has 1 aliphatic rings. The second kappa shape index (κ2) is 5.49. The summed E-state index contributed by atoms with van der Waals surface area (Å²) in [5.41, 5.74) is 6.68. The number of nitrogens with zero attached hydrogens (tertiary/aromatic N) is 2. The molecule has 0 aliphatic carbocycles. The lowest BCUT2D eigenvalue weighted by molar-refractivity contribution is 0.0626. The number of hydrogen-bond donors (Lipinski definition) is 2. The molecule has 6 nitrogen and oxygen atoms in total. The van der Waals surface area contributed by atoms with Crippen LogP contribution >= 0.6 is 0 Å². The van der Waals surface area contributed by atoms with E-state index in [1.54, 1.807) is 7.11 Å². The SMILES string of the molecule is COc1ncnc(NC2(CN)CCOCC2)c1C. The van der Waals surface area contributed by atoms with Crippen LogP contribution in [-0.4, -0.2) is 42.4 Å². The zero-order valence-electron chi connectivity index (χ0n) is 10.9. The molecule has 1 aliphatic heterocycles. The number of methoxy groups -OCH3 is 1. The Morgan fingerprint density at radius 1 is 1.44 bits per heavy atom. The Morgan fingerprint density at radius 2 is 2.17 bits per heavy atom. The molecular formula is C12H20N4O2. The number of ether oxygens (including phenoxy) is 2. The highest BCUT2D eigenvalue weighted by molar-refractivity contribution is 5.49. The van der Waals surface area contributed by atoms with Crippen LogP contribution in [0, 0.1) is 6.92 Å². The molecule has 1 saturated heterocycles. The molecule has 0 bridgehead atoms. The van der Waals surface area contributed by atoms with Crippen molar-refractivity contribution in [1.82, 2.24) is 9.97 Å². The van der Waals surface area contributed by atoms with Crippen molar-refractivity contribution in [1.29, 1.82) is 0 Å². The average molecular weight is 252 g/mol. The number of rotatable bonds is 4. The fourth-order valence-corrected chi connectivity index (χ4v) is 2.16. The van der Waals surface area contributed by atoms with Gasteiger partial charge in [0.15, 0.2) is 0 Å². The minimum atomic E-state index is -0.137. The van der Waals surface area contributed by atoms with Gasteiger partial charge in [-0.05, 0) is 19.8 Å². The standard InChI is InChI=1S/C12H20N4O2/c1-9-10(14-8-15-11(9)17-2)16-12(7-13)3-5-18-6-4-12/h8H,3-7,13H2,1-2H3,(H,14,15,16). The molecule has 1 aromatic heterocycles. The molecule has 1 fully saturated rings. The molecule has 1 aromatic rings. The van der Waals surface area contributed by atoms with Gasteiger partial charge in [0.05, 0.1) is 18.2 Å². The third kappa shape index (κ3) is 2.54. The molecule has 0 atom stereocenters. The second-order valence-electron chi connectivity index (χ2n) is 4.58. The topological polar surface area (TPSA) is 82.3 Å². The maximum atomic E-state index is 5.91. The van der Waals surface area contributed by atoms with E-state index in [4.69, 9.17) is 15.2 Å². The Morgan fingerprint density at radius 3 is 2.78 bits per heavy atom. The maximum absolute atomic E-state index is 5.91. The van der Waals surface area contributed by atoms with Gasteiger partial charge in [0, 0.05) is 19.8 Å². The molecule has 0 spiro atoms. The summed E-state index contributed by atoms with van der Waals surface area (Å²) in [5.74, 6) is 1.38. The lowest BCUT2D eigenvalue weighted by atomic mass is 9.90. The molecule has 0 unspecified atom stereocenters. The van der Waals surface area contributed by atoms with Crippen LogP contribution < -0.4 is 15.8 Å². The first-order valence-corrected chi connectivity index (χ1v) is 6.12. The Labute approximate surface area is 107 Å². The molecule has 0 amide bonds. The van der Waals surface area contributed by atoms with Crippen LogP contribution in [0.2, 0.25) is 0 Å². The van der Waals surface area contributed by atoms with E-state index in [9.17, 15) is 0 Å². The zero-order valence-corrected chi connectivity index (χ0v) is 10.9. The average Bonchev–Trinajstić information content (AvgIpc) is 2.42. The molecule has 18 heavy (non-hydrogen) atoms. The smallest absolute Gasteiger partial charge is 0.221 e. The van der Waals surface area contributed by atoms with Crippen molar-refractivity contribution in [3.05, 3.63) is 11.9 Å². The summed E-state index contributed by atoms with van der Waals surface area (Å²) in [6.07, 6.45) is 3.27. The summed E-state index contributed by atoms with van der Waals surface area (Å²) in [5, 5.41) is 3.45. The summed E-state index contributed by atoms with van der Waals surface area (Å²) >= 11 is 0. The van der Waals surface area contributed by atoms with Gasteiger partial charge in [-0.3, -0.25) is 0 Å². The highest BCUT2D eigenvalue weighted by Crippen LogP contribution is 2.28. The Hall–Kier alpha value is -1.40. The lowest BCUT2D eigenvalue weighted by Crippen LogP contribution is -2.50. The first-order valence-electron chi connectivity index (χ1n) is 6.12. The number of nitrogens with two attached hydrogens (primary N) is 1. The van der Waals surface area contributed by atoms with Crippen LogP contribution in [-0.2, 0) is 4.74 Å². The first kappa shape index (κ1) is 13.0. The van der Waals surface area contributed by atoms with Crippen LogP contribution in [0.15, 0.2) is 6.33 Å². The third-order valence-electron chi connectivity index (χ3n) is 3.46. The summed E-state index contributed by atoms with van der Waals surface area (Å²) in [6.45, 7) is 3.95. The van der Waals surface area contributed by atoms with Gasteiger partial charge in [-0.1, -0.05) is 0 Å². The van der Waals surface area contributed by atoms with Crippen LogP contribution in [0.25, 0.3) is 0 Å². The highest BCUT2D eigenvalue weighted by Gasteiger charge is 2.32. The maximum Gasteiger partial charge on any atom is 0.221 e. The molecule has 6 heteroatoms. The minimum absolute atomic E-state index is 0.137. The zero-order chi connectivity index (χ0) is 13.0. The van der Waals surface area contributed by atoms with Crippen LogP contribution in [0.4, 0.5) is 5.82 Å². The summed E-state index contributed by atoms with van der Waals surface area (Å²) in [6, 6.07) is 0. The van der Waals surface area contributed by atoms with Crippen LogP contribution in [0.5, 0.6) is 5.88 Å². The van der Waals surface area contributed by atoms with Gasteiger partial charge < -0.3 is 20.5 Å². The van der Waals surface area contributed by atoms with E-state index in [1.807, 2.05) is 6.92 Å². The molecule has 3 N–H and O–H groups in total. The molecule has 2 heterocycles. The normalized spacial score (nSPS) is 18.4. The molecule has 100 valence electrons. The number of aromatic nitrogens is 2. The van der Waals surface area contributed by atoms with Gasteiger partial charge in [-0.15, -0.1) is 0 Å². The van der Waals surface area contributed by atoms with Crippen molar-refractivity contribution >= 4 is 5.82 Å². The molecule has 0 saturated carbocycles. The van der Waals surface area contributed by atoms with Crippen molar-refractivity contribution in [2.45, 2.75) is 25.3 Å². The summed E-state index contributed by atoms with van der Waals surface area (Å²) < 4.78 is 10.6. The van der Waals surface area contributed by atoms with Crippen molar-refractivity contribution < 1.29 is 9.47 Å². The van der Waals surface area contributed by atoms with Crippen molar-refractivity contribution in [3.63, 3.8) is 0 Å². The van der Waals surface area contributed by atoms with E-state index < -0.39 is 0 Å². The van der Waals surface area contributed by atoms with Gasteiger partial charge in [0.1, 0.15) is 12.1 Å². The lowest BCUT2D eigenvalue weighted by Gasteiger charge is -2.37. The summed E-state index contributed by atoms with van der Waals surface area (Å²) in [4.78, 5) is 8.35. The highest BCUT2D eigenvalue weighted by atomic mass is 16.5. The number of hydrogen-bond acceptors (Lipinski definition) is 6. The number of nitrogens with one attached hydrogen (secondary N) is 1. The molecular weight excluding hydrogens is 232 g/mol. The first-order chi connectivity index (χ1) is 8.71. The number of anilines is 1. The van der Waals surface area contributed by atoms with Gasteiger partial charge in [0.2, 0.25) is 5.88 Å². The quantitative estimate of drug-likeness (QED) is 0.821. The van der Waals surface area contributed by atoms with Crippen molar-refractivity contribution in [2.75, 3.05) is 32.2 Å². The predicted molar refractivity (Wildman–Crippen MR) is 68.8 cm³/mol. The minimum Gasteiger partial charge on any atom is -0.481 e. The predicted octanol–water partition coefficient (Wildman–Crippen LogP) is 0.713. The van der Waals surface area contributed by atoms with Gasteiger partial charge in [0.25, 0.3) is 0 Å².